The van der Waals surface area contributed by atoms with Crippen LogP contribution in [0.3, 0.4) is 0 Å². The largest absolute Gasteiger partial charge is 0.460 e. The van der Waals surface area contributed by atoms with Crippen molar-refractivity contribution in [2.24, 2.45) is 5.41 Å². The molecule has 1 aromatic carbocycles. The normalized spacial score (nSPS) is 11.8. The minimum atomic E-state index is -0.591. The van der Waals surface area contributed by atoms with Gasteiger partial charge in [-0.2, -0.15) is 0 Å². The number of aromatic nitrogens is 3. The Balaban J connectivity index is 1.86. The van der Waals surface area contributed by atoms with Gasteiger partial charge in [0.1, 0.15) is 12.3 Å². The number of carbonyl (C=O) groups excluding carboxylic acids is 1. The zero-order valence-electron chi connectivity index (χ0n) is 17.1. The molecule has 28 heavy (non-hydrogen) atoms. The summed E-state index contributed by atoms with van der Waals surface area (Å²) in [5.41, 5.74) is 3.67. The number of aryl methyl sites for hydroxylation is 4. The van der Waals surface area contributed by atoms with Gasteiger partial charge in [0.15, 0.2) is 0 Å². The van der Waals surface area contributed by atoms with Gasteiger partial charge in [0.2, 0.25) is 0 Å². The van der Waals surface area contributed by atoms with Gasteiger partial charge in [0.05, 0.1) is 17.1 Å². The van der Waals surface area contributed by atoms with Crippen LogP contribution < -0.4 is 5.56 Å². The lowest BCUT2D eigenvalue weighted by Crippen LogP contribution is -2.24. The van der Waals surface area contributed by atoms with Crippen molar-refractivity contribution in [1.82, 2.24) is 14.5 Å². The molecule has 0 radical (unpaired) electrons. The van der Waals surface area contributed by atoms with Gasteiger partial charge in [-0.05, 0) is 46.6 Å². The van der Waals surface area contributed by atoms with Crippen molar-refractivity contribution in [1.29, 1.82) is 0 Å². The number of H-pyrrole nitrogens is 1. The summed E-state index contributed by atoms with van der Waals surface area (Å²) in [5.74, 6) is -0.301. The molecule has 2 aromatic heterocycles. The van der Waals surface area contributed by atoms with Crippen LogP contribution in [0, 0.1) is 19.3 Å². The van der Waals surface area contributed by atoms with Crippen LogP contribution in [-0.2, 0) is 29.1 Å². The third-order valence-corrected chi connectivity index (χ3v) is 4.82. The lowest BCUT2D eigenvalue weighted by Gasteiger charge is -2.16. The summed E-state index contributed by atoms with van der Waals surface area (Å²) in [6, 6.07) is 8.28. The zero-order valence-corrected chi connectivity index (χ0v) is 17.1. The van der Waals surface area contributed by atoms with Gasteiger partial charge < -0.3 is 9.72 Å². The van der Waals surface area contributed by atoms with E-state index in [0.717, 1.165) is 12.1 Å². The molecule has 0 aliphatic heterocycles. The Hall–Kier alpha value is -2.89. The van der Waals surface area contributed by atoms with Gasteiger partial charge in [-0.3, -0.25) is 14.2 Å². The predicted octanol–water partition coefficient (Wildman–Crippen LogP) is 3.67. The van der Waals surface area contributed by atoms with Crippen LogP contribution in [0.2, 0.25) is 0 Å². The lowest BCUT2D eigenvalue weighted by molar-refractivity contribution is -0.154. The van der Waals surface area contributed by atoms with Crippen molar-refractivity contribution >= 4 is 17.0 Å². The summed E-state index contributed by atoms with van der Waals surface area (Å²) >= 11 is 0. The molecule has 3 rings (SSSR count). The monoisotopic (exact) mass is 381 g/mol. The average Bonchev–Trinajstić information content (AvgIpc) is 2.95. The average molecular weight is 381 g/mol. The zero-order chi connectivity index (χ0) is 20.5. The number of aromatic amines is 1. The van der Waals surface area contributed by atoms with Crippen molar-refractivity contribution in [3.8, 4) is 0 Å². The van der Waals surface area contributed by atoms with Crippen LogP contribution in [0.25, 0.3) is 11.0 Å². The molecule has 6 heteroatoms. The molecular formula is C22H27N3O3. The van der Waals surface area contributed by atoms with Gasteiger partial charge in [-0.1, -0.05) is 29.8 Å². The van der Waals surface area contributed by atoms with Crippen molar-refractivity contribution in [2.45, 2.75) is 54.2 Å². The molecular weight excluding hydrogens is 354 g/mol. The molecule has 0 saturated heterocycles. The van der Waals surface area contributed by atoms with Gasteiger partial charge in [0.25, 0.3) is 5.56 Å². The smallest absolute Gasteiger partial charge is 0.311 e. The van der Waals surface area contributed by atoms with E-state index in [2.05, 4.69) is 34.2 Å². The summed E-state index contributed by atoms with van der Waals surface area (Å²) in [6.45, 7) is 9.91. The predicted molar refractivity (Wildman–Crippen MR) is 109 cm³/mol. The van der Waals surface area contributed by atoms with E-state index >= 15 is 0 Å². The third-order valence-electron chi connectivity index (χ3n) is 4.82. The SMILES string of the molecule is Cc1ccc(CCn2cnc3[nH]c(C)c(COC(=O)C(C)(C)C)c3c2=O)cc1. The summed E-state index contributed by atoms with van der Waals surface area (Å²) in [4.78, 5) is 32.7. The number of nitrogens with zero attached hydrogens (tertiary/aromatic N) is 2. The second kappa shape index (κ2) is 7.62. The number of hydrogen-bond acceptors (Lipinski definition) is 4. The molecule has 0 atom stereocenters. The lowest BCUT2D eigenvalue weighted by atomic mass is 9.97. The second-order valence-electron chi connectivity index (χ2n) is 8.26. The van der Waals surface area contributed by atoms with E-state index in [1.807, 2.05) is 13.8 Å². The van der Waals surface area contributed by atoms with E-state index < -0.39 is 5.41 Å². The number of rotatable bonds is 5. The Morgan fingerprint density at radius 1 is 1.18 bits per heavy atom. The van der Waals surface area contributed by atoms with E-state index in [1.165, 1.54) is 11.1 Å². The van der Waals surface area contributed by atoms with Crippen LogP contribution in [-0.4, -0.2) is 20.5 Å². The van der Waals surface area contributed by atoms with Gasteiger partial charge in [-0.25, -0.2) is 4.98 Å². The van der Waals surface area contributed by atoms with Crippen LogP contribution >= 0.6 is 0 Å². The summed E-state index contributed by atoms with van der Waals surface area (Å²) in [7, 11) is 0. The summed E-state index contributed by atoms with van der Waals surface area (Å²) in [6.07, 6.45) is 2.31. The van der Waals surface area contributed by atoms with Crippen LogP contribution in [0.5, 0.6) is 0 Å². The van der Waals surface area contributed by atoms with E-state index in [4.69, 9.17) is 4.74 Å². The fourth-order valence-electron chi connectivity index (χ4n) is 2.99. The molecule has 0 aliphatic carbocycles. The topological polar surface area (TPSA) is 77.0 Å². The molecule has 0 spiro atoms. The molecule has 0 aliphatic rings. The Morgan fingerprint density at radius 3 is 2.50 bits per heavy atom. The van der Waals surface area contributed by atoms with Crippen molar-refractivity contribution < 1.29 is 9.53 Å². The minimum absolute atomic E-state index is 0.0564. The van der Waals surface area contributed by atoms with Crippen molar-refractivity contribution in [3.63, 3.8) is 0 Å². The van der Waals surface area contributed by atoms with Crippen molar-refractivity contribution in [2.75, 3.05) is 0 Å². The Morgan fingerprint density at radius 2 is 1.86 bits per heavy atom. The Kier molecular flexibility index (Phi) is 5.40. The van der Waals surface area contributed by atoms with Crippen LogP contribution in [0.4, 0.5) is 0 Å². The van der Waals surface area contributed by atoms with Crippen LogP contribution in [0.15, 0.2) is 35.4 Å². The fourth-order valence-corrected chi connectivity index (χ4v) is 2.99. The molecule has 0 bridgehead atoms. The van der Waals surface area contributed by atoms with E-state index in [0.29, 0.717) is 23.1 Å². The highest BCUT2D eigenvalue weighted by atomic mass is 16.5. The summed E-state index contributed by atoms with van der Waals surface area (Å²) in [5, 5.41) is 0.491. The molecule has 1 N–H and O–H groups in total. The van der Waals surface area contributed by atoms with Gasteiger partial charge in [0, 0.05) is 17.8 Å². The standard InChI is InChI=1S/C22H27N3O3/c1-14-6-8-16(9-7-14)10-11-25-13-23-19-18(20(25)26)17(15(2)24-19)12-28-21(27)22(3,4)5/h6-9,13,24H,10-12H2,1-5H3. The number of fused-ring (bicyclic) bond motifs is 1. The number of ether oxygens (including phenoxy) is 1. The maximum absolute atomic E-state index is 13.0. The molecule has 3 aromatic rings. The molecule has 2 heterocycles. The summed E-state index contributed by atoms with van der Waals surface area (Å²) < 4.78 is 7.06. The maximum atomic E-state index is 13.0. The molecule has 0 saturated carbocycles. The first-order chi connectivity index (χ1) is 13.2. The third kappa shape index (κ3) is 4.16. The highest BCUT2D eigenvalue weighted by Crippen LogP contribution is 2.21. The highest BCUT2D eigenvalue weighted by Gasteiger charge is 2.24. The number of hydrogen-bond donors (Lipinski definition) is 1. The van der Waals surface area contributed by atoms with Gasteiger partial charge in [-0.15, -0.1) is 0 Å². The van der Waals surface area contributed by atoms with Crippen molar-refractivity contribution in [3.05, 3.63) is 63.3 Å². The Bertz CT molecular complexity index is 1050. The molecule has 0 unspecified atom stereocenters. The molecule has 0 fully saturated rings. The molecule has 148 valence electrons. The first kappa shape index (κ1) is 19.9. The number of benzene rings is 1. The maximum Gasteiger partial charge on any atom is 0.311 e. The van der Waals surface area contributed by atoms with Crippen LogP contribution in [0.1, 0.15) is 43.2 Å². The van der Waals surface area contributed by atoms with E-state index in [1.54, 1.807) is 31.7 Å². The first-order valence-electron chi connectivity index (χ1n) is 9.46. The first-order valence-corrected chi connectivity index (χ1v) is 9.46. The van der Waals surface area contributed by atoms with Gasteiger partial charge >= 0.3 is 5.97 Å². The second-order valence-corrected chi connectivity index (χ2v) is 8.26. The highest BCUT2D eigenvalue weighted by molar-refractivity contribution is 5.81. The fraction of sp³-hybridized carbons (Fsp3) is 0.409. The number of esters is 1. The minimum Gasteiger partial charge on any atom is -0.460 e. The molecule has 0 amide bonds. The molecule has 6 nitrogen and oxygen atoms in total. The van der Waals surface area contributed by atoms with E-state index in [-0.39, 0.29) is 18.1 Å². The number of nitrogens with one attached hydrogen (secondary N) is 1. The number of carbonyl (C=O) groups is 1. The van der Waals surface area contributed by atoms with E-state index in [9.17, 15) is 9.59 Å². The quantitative estimate of drug-likeness (QED) is 0.684. The Labute approximate surface area is 164 Å².